The van der Waals surface area contributed by atoms with Crippen molar-refractivity contribution in [2.45, 2.75) is 58.2 Å². The number of ether oxygens (including phenoxy) is 1. The Morgan fingerprint density at radius 2 is 1.82 bits per heavy atom. The van der Waals surface area contributed by atoms with Gasteiger partial charge in [-0.1, -0.05) is 30.3 Å². The van der Waals surface area contributed by atoms with Crippen LogP contribution in [-0.4, -0.2) is 54.4 Å². The molecule has 1 saturated heterocycles. The molecule has 0 aromatic heterocycles. The Morgan fingerprint density at radius 3 is 2.54 bits per heavy atom. The Kier molecular flexibility index (Phi) is 8.94. The molecule has 7 nitrogen and oxygen atoms in total. The van der Waals surface area contributed by atoms with E-state index in [0.717, 1.165) is 24.9 Å². The first-order valence-corrected chi connectivity index (χ1v) is 9.97. The number of likely N-dealkylation sites (tertiary alicyclic amines) is 1. The zero-order valence-electron chi connectivity index (χ0n) is 16.8. The lowest BCUT2D eigenvalue weighted by Gasteiger charge is -2.27. The van der Waals surface area contributed by atoms with Gasteiger partial charge in [-0.15, -0.1) is 0 Å². The van der Waals surface area contributed by atoms with Gasteiger partial charge in [0, 0.05) is 25.6 Å². The molecule has 0 radical (unpaired) electrons. The van der Waals surface area contributed by atoms with E-state index in [-0.39, 0.29) is 49.8 Å². The number of carbonyl (C=O) groups is 3. The van der Waals surface area contributed by atoms with E-state index in [1.165, 1.54) is 0 Å². The standard InChI is InChI=1S/C21H31N3O4/c1-16(2)24-14-6-9-18(24)21(27)23-12-10-19(25)22-13-11-20(26)28-15-17-7-4-3-5-8-17/h3-5,7-8,16,18H,6,9-15H2,1-2H3,(H,22,25)(H,23,27). The molecule has 1 fully saturated rings. The Bertz CT molecular complexity index is 648. The summed E-state index contributed by atoms with van der Waals surface area (Å²) in [6.45, 7) is 5.87. The zero-order chi connectivity index (χ0) is 20.4. The van der Waals surface area contributed by atoms with E-state index in [2.05, 4.69) is 29.4 Å². The van der Waals surface area contributed by atoms with Crippen LogP contribution in [-0.2, 0) is 25.7 Å². The Labute approximate surface area is 166 Å². The second-order valence-corrected chi connectivity index (χ2v) is 7.28. The van der Waals surface area contributed by atoms with Gasteiger partial charge in [0.1, 0.15) is 6.61 Å². The van der Waals surface area contributed by atoms with E-state index < -0.39 is 0 Å². The van der Waals surface area contributed by atoms with Gasteiger partial charge < -0.3 is 15.4 Å². The third-order valence-corrected chi connectivity index (χ3v) is 4.81. The molecule has 2 amide bonds. The van der Waals surface area contributed by atoms with E-state index >= 15 is 0 Å². The van der Waals surface area contributed by atoms with Gasteiger partial charge in [0.25, 0.3) is 0 Å². The van der Waals surface area contributed by atoms with Crippen molar-refractivity contribution in [2.75, 3.05) is 19.6 Å². The largest absolute Gasteiger partial charge is 0.461 e. The summed E-state index contributed by atoms with van der Waals surface area (Å²) in [6, 6.07) is 9.68. The third-order valence-electron chi connectivity index (χ3n) is 4.81. The number of esters is 1. The summed E-state index contributed by atoms with van der Waals surface area (Å²) in [7, 11) is 0. The monoisotopic (exact) mass is 389 g/mol. The predicted molar refractivity (Wildman–Crippen MR) is 106 cm³/mol. The molecule has 1 heterocycles. The minimum absolute atomic E-state index is 0.0107. The van der Waals surface area contributed by atoms with E-state index in [1.807, 2.05) is 30.3 Å². The van der Waals surface area contributed by atoms with Gasteiger partial charge >= 0.3 is 5.97 Å². The molecule has 0 saturated carbocycles. The van der Waals surface area contributed by atoms with Gasteiger partial charge in [-0.3, -0.25) is 19.3 Å². The van der Waals surface area contributed by atoms with Crippen LogP contribution >= 0.6 is 0 Å². The average Bonchev–Trinajstić information content (AvgIpc) is 3.17. The van der Waals surface area contributed by atoms with Crippen molar-refractivity contribution in [1.82, 2.24) is 15.5 Å². The first-order chi connectivity index (χ1) is 13.5. The number of benzene rings is 1. The molecule has 1 aromatic carbocycles. The van der Waals surface area contributed by atoms with Crippen LogP contribution in [0.25, 0.3) is 0 Å². The Morgan fingerprint density at radius 1 is 1.11 bits per heavy atom. The Hall–Kier alpha value is -2.41. The molecule has 1 aliphatic rings. The summed E-state index contributed by atoms with van der Waals surface area (Å²) in [5, 5.41) is 5.53. The highest BCUT2D eigenvalue weighted by atomic mass is 16.5. The molecule has 28 heavy (non-hydrogen) atoms. The summed E-state index contributed by atoms with van der Waals surface area (Å²) in [5.41, 5.74) is 0.925. The van der Waals surface area contributed by atoms with E-state index in [0.29, 0.717) is 12.6 Å². The quantitative estimate of drug-likeness (QED) is 0.594. The van der Waals surface area contributed by atoms with Crippen LogP contribution < -0.4 is 10.6 Å². The van der Waals surface area contributed by atoms with Crippen LogP contribution in [0, 0.1) is 0 Å². The molecule has 0 bridgehead atoms. The number of nitrogens with one attached hydrogen (secondary N) is 2. The van der Waals surface area contributed by atoms with Crippen molar-refractivity contribution in [3.05, 3.63) is 35.9 Å². The molecule has 2 rings (SSSR count). The predicted octanol–water partition coefficient (Wildman–Crippen LogP) is 1.62. The van der Waals surface area contributed by atoms with E-state index in [1.54, 1.807) is 0 Å². The maximum absolute atomic E-state index is 12.3. The van der Waals surface area contributed by atoms with Crippen molar-refractivity contribution < 1.29 is 19.1 Å². The molecular weight excluding hydrogens is 358 g/mol. The topological polar surface area (TPSA) is 87.7 Å². The molecule has 7 heteroatoms. The van der Waals surface area contributed by atoms with Crippen molar-refractivity contribution >= 4 is 17.8 Å². The highest BCUT2D eigenvalue weighted by Gasteiger charge is 2.31. The molecule has 1 unspecified atom stereocenters. The van der Waals surface area contributed by atoms with Gasteiger partial charge in [0.2, 0.25) is 11.8 Å². The molecule has 1 aromatic rings. The van der Waals surface area contributed by atoms with Crippen molar-refractivity contribution in [1.29, 1.82) is 0 Å². The molecule has 0 spiro atoms. The number of carbonyl (C=O) groups excluding carboxylic acids is 3. The van der Waals surface area contributed by atoms with Crippen molar-refractivity contribution in [3.63, 3.8) is 0 Å². The summed E-state index contributed by atoms with van der Waals surface area (Å²) in [6.07, 6.45) is 2.20. The summed E-state index contributed by atoms with van der Waals surface area (Å²) in [4.78, 5) is 38.0. The normalized spacial score (nSPS) is 16.8. The smallest absolute Gasteiger partial charge is 0.307 e. The first kappa shape index (κ1) is 21.9. The van der Waals surface area contributed by atoms with Crippen LogP contribution in [0.2, 0.25) is 0 Å². The fraction of sp³-hybridized carbons (Fsp3) is 0.571. The SMILES string of the molecule is CC(C)N1CCCC1C(=O)NCCC(=O)NCCC(=O)OCc1ccccc1. The fourth-order valence-electron chi connectivity index (χ4n) is 3.31. The lowest BCUT2D eigenvalue weighted by molar-refractivity contribution is -0.144. The summed E-state index contributed by atoms with van der Waals surface area (Å²) in [5.74, 6) is -0.556. The maximum Gasteiger partial charge on any atom is 0.307 e. The summed E-state index contributed by atoms with van der Waals surface area (Å²) < 4.78 is 5.16. The van der Waals surface area contributed by atoms with Crippen LogP contribution in [0.15, 0.2) is 30.3 Å². The number of nitrogens with zero attached hydrogens (tertiary/aromatic N) is 1. The molecular formula is C21H31N3O4. The van der Waals surface area contributed by atoms with Crippen LogP contribution in [0.4, 0.5) is 0 Å². The average molecular weight is 389 g/mol. The van der Waals surface area contributed by atoms with Crippen LogP contribution in [0.1, 0.15) is 45.1 Å². The highest BCUT2D eigenvalue weighted by Crippen LogP contribution is 2.19. The van der Waals surface area contributed by atoms with Gasteiger partial charge in [0.05, 0.1) is 12.5 Å². The van der Waals surface area contributed by atoms with Crippen molar-refractivity contribution in [2.24, 2.45) is 0 Å². The maximum atomic E-state index is 12.3. The fourth-order valence-corrected chi connectivity index (χ4v) is 3.31. The van der Waals surface area contributed by atoms with Gasteiger partial charge in [0.15, 0.2) is 0 Å². The minimum atomic E-state index is -0.354. The zero-order valence-corrected chi connectivity index (χ0v) is 16.8. The molecule has 1 atom stereocenters. The van der Waals surface area contributed by atoms with E-state index in [9.17, 15) is 14.4 Å². The number of rotatable bonds is 10. The molecule has 154 valence electrons. The van der Waals surface area contributed by atoms with E-state index in [4.69, 9.17) is 4.74 Å². The molecule has 1 aliphatic heterocycles. The number of amides is 2. The Balaban J connectivity index is 1.55. The lowest BCUT2D eigenvalue weighted by atomic mass is 10.2. The number of hydrogen-bond acceptors (Lipinski definition) is 5. The molecule has 0 aliphatic carbocycles. The van der Waals surface area contributed by atoms with Gasteiger partial charge in [-0.25, -0.2) is 0 Å². The molecule has 2 N–H and O–H groups in total. The van der Waals surface area contributed by atoms with Gasteiger partial charge in [-0.05, 0) is 38.8 Å². The van der Waals surface area contributed by atoms with Crippen LogP contribution in [0.3, 0.4) is 0 Å². The first-order valence-electron chi connectivity index (χ1n) is 9.97. The van der Waals surface area contributed by atoms with Crippen LogP contribution in [0.5, 0.6) is 0 Å². The summed E-state index contributed by atoms with van der Waals surface area (Å²) >= 11 is 0. The second-order valence-electron chi connectivity index (χ2n) is 7.28. The minimum Gasteiger partial charge on any atom is -0.461 e. The second kappa shape index (κ2) is 11.4. The highest BCUT2D eigenvalue weighted by molar-refractivity contribution is 5.83. The van der Waals surface area contributed by atoms with Crippen molar-refractivity contribution in [3.8, 4) is 0 Å². The van der Waals surface area contributed by atoms with Gasteiger partial charge in [-0.2, -0.15) is 0 Å². The lowest BCUT2D eigenvalue weighted by Crippen LogP contribution is -2.46. The third kappa shape index (κ3) is 7.31. The number of hydrogen-bond donors (Lipinski definition) is 2.